The van der Waals surface area contributed by atoms with Gasteiger partial charge in [-0.3, -0.25) is 4.79 Å². The standard InChI is InChI=1S/C15H22N2O3.ClH/c1-2-19-13-3-5-14(6-4-13)20-11-15(18)17-9-7-12(16)8-10-17;/h3-6,12H,2,7-11,16H2,1H3;1H. The second-order valence-corrected chi connectivity index (χ2v) is 4.91. The highest BCUT2D eigenvalue weighted by molar-refractivity contribution is 5.85. The van der Waals surface area contributed by atoms with E-state index in [1.807, 2.05) is 36.1 Å². The van der Waals surface area contributed by atoms with Crippen molar-refractivity contribution in [3.8, 4) is 11.5 Å². The number of rotatable bonds is 5. The van der Waals surface area contributed by atoms with Crippen LogP contribution in [-0.2, 0) is 4.79 Å². The second-order valence-electron chi connectivity index (χ2n) is 4.91. The maximum absolute atomic E-state index is 12.0. The Bertz CT molecular complexity index is 431. The first kappa shape index (κ1) is 17.6. The van der Waals surface area contributed by atoms with Gasteiger partial charge in [-0.25, -0.2) is 0 Å². The Morgan fingerprint density at radius 1 is 1.19 bits per heavy atom. The van der Waals surface area contributed by atoms with E-state index in [0.717, 1.165) is 31.7 Å². The Morgan fingerprint density at radius 2 is 1.71 bits per heavy atom. The Labute approximate surface area is 131 Å². The zero-order valence-electron chi connectivity index (χ0n) is 12.3. The van der Waals surface area contributed by atoms with E-state index in [9.17, 15) is 4.79 Å². The van der Waals surface area contributed by atoms with Gasteiger partial charge < -0.3 is 20.1 Å². The maximum Gasteiger partial charge on any atom is 0.260 e. The van der Waals surface area contributed by atoms with Crippen molar-refractivity contribution < 1.29 is 14.3 Å². The molecule has 1 fully saturated rings. The number of carbonyl (C=O) groups is 1. The van der Waals surface area contributed by atoms with Gasteiger partial charge >= 0.3 is 0 Å². The molecule has 0 saturated carbocycles. The molecule has 6 heteroatoms. The molecule has 5 nitrogen and oxygen atoms in total. The number of hydrogen-bond donors (Lipinski definition) is 1. The first-order valence-corrected chi connectivity index (χ1v) is 7.08. The minimum Gasteiger partial charge on any atom is -0.494 e. The van der Waals surface area contributed by atoms with Gasteiger partial charge in [0.2, 0.25) is 0 Å². The molecule has 1 saturated heterocycles. The van der Waals surface area contributed by atoms with Gasteiger partial charge in [-0.2, -0.15) is 0 Å². The molecule has 0 bridgehead atoms. The molecule has 1 aliphatic heterocycles. The topological polar surface area (TPSA) is 64.8 Å². The molecule has 0 radical (unpaired) electrons. The molecule has 0 aromatic heterocycles. The van der Waals surface area contributed by atoms with Crippen LogP contribution in [0.25, 0.3) is 0 Å². The fourth-order valence-corrected chi connectivity index (χ4v) is 2.18. The van der Waals surface area contributed by atoms with E-state index in [1.54, 1.807) is 0 Å². The van der Waals surface area contributed by atoms with Crippen LogP contribution in [0.15, 0.2) is 24.3 Å². The quantitative estimate of drug-likeness (QED) is 0.900. The molecule has 2 N–H and O–H groups in total. The van der Waals surface area contributed by atoms with E-state index in [0.29, 0.717) is 12.4 Å². The lowest BCUT2D eigenvalue weighted by Crippen LogP contribution is -2.44. The third-order valence-corrected chi connectivity index (χ3v) is 3.39. The van der Waals surface area contributed by atoms with Gasteiger partial charge in [0.25, 0.3) is 5.91 Å². The van der Waals surface area contributed by atoms with Crippen LogP contribution in [0.3, 0.4) is 0 Å². The van der Waals surface area contributed by atoms with E-state index in [-0.39, 0.29) is 31.0 Å². The number of ether oxygens (including phenoxy) is 2. The Kier molecular flexibility index (Phi) is 7.32. The van der Waals surface area contributed by atoms with Crippen molar-refractivity contribution in [1.82, 2.24) is 4.90 Å². The van der Waals surface area contributed by atoms with Crippen molar-refractivity contribution in [3.05, 3.63) is 24.3 Å². The van der Waals surface area contributed by atoms with Crippen LogP contribution in [0.4, 0.5) is 0 Å². The average molecular weight is 315 g/mol. The van der Waals surface area contributed by atoms with Crippen molar-refractivity contribution >= 4 is 18.3 Å². The molecular weight excluding hydrogens is 292 g/mol. The molecule has 0 unspecified atom stereocenters. The number of nitrogens with zero attached hydrogens (tertiary/aromatic N) is 1. The van der Waals surface area contributed by atoms with Crippen molar-refractivity contribution in [1.29, 1.82) is 0 Å². The summed E-state index contributed by atoms with van der Waals surface area (Å²) in [4.78, 5) is 13.8. The Hall–Kier alpha value is -1.46. The Balaban J connectivity index is 0.00000220. The largest absolute Gasteiger partial charge is 0.494 e. The van der Waals surface area contributed by atoms with Gasteiger partial charge in [0.1, 0.15) is 11.5 Å². The van der Waals surface area contributed by atoms with Gasteiger partial charge in [-0.15, -0.1) is 12.4 Å². The molecule has 0 aliphatic carbocycles. The normalized spacial score (nSPS) is 15.2. The van der Waals surface area contributed by atoms with Crippen molar-refractivity contribution in [3.63, 3.8) is 0 Å². The zero-order chi connectivity index (χ0) is 14.4. The highest BCUT2D eigenvalue weighted by Crippen LogP contribution is 2.17. The number of hydrogen-bond acceptors (Lipinski definition) is 4. The SMILES string of the molecule is CCOc1ccc(OCC(=O)N2CCC(N)CC2)cc1.Cl. The molecular formula is C15H23ClN2O3. The minimum atomic E-state index is 0. The van der Waals surface area contributed by atoms with Gasteiger partial charge in [0.05, 0.1) is 6.61 Å². The smallest absolute Gasteiger partial charge is 0.260 e. The summed E-state index contributed by atoms with van der Waals surface area (Å²) < 4.78 is 10.9. The number of nitrogens with two attached hydrogens (primary N) is 1. The summed E-state index contributed by atoms with van der Waals surface area (Å²) in [5, 5.41) is 0. The molecule has 0 spiro atoms. The van der Waals surface area contributed by atoms with Gasteiger partial charge in [-0.1, -0.05) is 0 Å². The third kappa shape index (κ3) is 5.44. The molecule has 1 heterocycles. The van der Waals surface area contributed by atoms with Gasteiger partial charge in [-0.05, 0) is 44.0 Å². The summed E-state index contributed by atoms with van der Waals surface area (Å²) in [6.07, 6.45) is 1.74. The Morgan fingerprint density at radius 3 is 2.24 bits per heavy atom. The van der Waals surface area contributed by atoms with E-state index in [4.69, 9.17) is 15.2 Å². The minimum absolute atomic E-state index is 0. The molecule has 21 heavy (non-hydrogen) atoms. The first-order chi connectivity index (χ1) is 9.69. The van der Waals surface area contributed by atoms with Crippen LogP contribution in [0, 0.1) is 0 Å². The summed E-state index contributed by atoms with van der Waals surface area (Å²) in [6.45, 7) is 4.10. The lowest BCUT2D eigenvalue weighted by molar-refractivity contribution is -0.134. The lowest BCUT2D eigenvalue weighted by atomic mass is 10.1. The monoisotopic (exact) mass is 314 g/mol. The summed E-state index contributed by atoms with van der Waals surface area (Å²) in [5.41, 5.74) is 5.82. The summed E-state index contributed by atoms with van der Waals surface area (Å²) in [7, 11) is 0. The van der Waals surface area contributed by atoms with E-state index in [2.05, 4.69) is 0 Å². The number of halogens is 1. The number of benzene rings is 1. The summed E-state index contributed by atoms with van der Waals surface area (Å²) >= 11 is 0. The molecule has 1 aromatic rings. The zero-order valence-corrected chi connectivity index (χ0v) is 13.1. The average Bonchev–Trinajstić information content (AvgIpc) is 2.47. The predicted octanol–water partition coefficient (Wildman–Crippen LogP) is 1.84. The van der Waals surface area contributed by atoms with Crippen LogP contribution in [-0.4, -0.2) is 43.2 Å². The molecule has 0 atom stereocenters. The van der Waals surface area contributed by atoms with Crippen LogP contribution < -0.4 is 15.2 Å². The van der Waals surface area contributed by atoms with Crippen molar-refractivity contribution in [2.75, 3.05) is 26.3 Å². The highest BCUT2D eigenvalue weighted by Gasteiger charge is 2.20. The third-order valence-electron chi connectivity index (χ3n) is 3.39. The second kappa shape index (κ2) is 8.74. The molecule has 1 aromatic carbocycles. The number of likely N-dealkylation sites (tertiary alicyclic amines) is 1. The maximum atomic E-state index is 12.0. The molecule has 1 aliphatic rings. The van der Waals surface area contributed by atoms with E-state index < -0.39 is 0 Å². The van der Waals surface area contributed by atoms with Crippen LogP contribution in [0.5, 0.6) is 11.5 Å². The molecule has 118 valence electrons. The number of carbonyl (C=O) groups excluding carboxylic acids is 1. The lowest BCUT2D eigenvalue weighted by Gasteiger charge is -2.30. The molecule has 1 amide bonds. The summed E-state index contributed by atoms with van der Waals surface area (Å²) in [6, 6.07) is 7.52. The van der Waals surface area contributed by atoms with Crippen molar-refractivity contribution in [2.45, 2.75) is 25.8 Å². The molecule has 2 rings (SSSR count). The summed E-state index contributed by atoms with van der Waals surface area (Å²) in [5.74, 6) is 1.50. The fourth-order valence-electron chi connectivity index (χ4n) is 2.18. The van der Waals surface area contributed by atoms with E-state index in [1.165, 1.54) is 0 Å². The predicted molar refractivity (Wildman–Crippen MR) is 84.1 cm³/mol. The van der Waals surface area contributed by atoms with Crippen molar-refractivity contribution in [2.24, 2.45) is 5.73 Å². The van der Waals surface area contributed by atoms with E-state index >= 15 is 0 Å². The van der Waals surface area contributed by atoms with Crippen LogP contribution in [0.2, 0.25) is 0 Å². The van der Waals surface area contributed by atoms with Gasteiger partial charge in [0.15, 0.2) is 6.61 Å². The number of amides is 1. The highest BCUT2D eigenvalue weighted by atomic mass is 35.5. The van der Waals surface area contributed by atoms with Gasteiger partial charge in [0, 0.05) is 19.1 Å². The first-order valence-electron chi connectivity index (χ1n) is 7.08. The van der Waals surface area contributed by atoms with Crippen LogP contribution in [0.1, 0.15) is 19.8 Å². The number of piperidine rings is 1. The fraction of sp³-hybridized carbons (Fsp3) is 0.533. The van der Waals surface area contributed by atoms with Crippen LogP contribution >= 0.6 is 12.4 Å².